The summed E-state index contributed by atoms with van der Waals surface area (Å²) in [5.41, 5.74) is -1.01. The van der Waals surface area contributed by atoms with E-state index in [0.717, 1.165) is 24.0 Å². The minimum Gasteiger partial charge on any atom is -0.331 e. The van der Waals surface area contributed by atoms with Gasteiger partial charge in [-0.15, -0.1) is 11.8 Å². The van der Waals surface area contributed by atoms with Crippen molar-refractivity contribution in [3.63, 3.8) is 0 Å². The zero-order valence-electron chi connectivity index (χ0n) is 14.3. The topological polar surface area (TPSA) is 78.5 Å². The molecule has 2 fully saturated rings. The lowest BCUT2D eigenvalue weighted by Gasteiger charge is -2.19. The van der Waals surface area contributed by atoms with Crippen LogP contribution in [0.1, 0.15) is 12.0 Å². The maximum atomic E-state index is 12.8. The Morgan fingerprint density at radius 3 is 2.81 bits per heavy atom. The summed E-state index contributed by atoms with van der Waals surface area (Å²) < 4.78 is 65.3. The van der Waals surface area contributed by atoms with Crippen molar-refractivity contribution in [1.29, 1.82) is 0 Å². The van der Waals surface area contributed by atoms with Gasteiger partial charge in [-0.1, -0.05) is 6.07 Å². The van der Waals surface area contributed by atoms with Gasteiger partial charge in [-0.3, -0.25) is 4.79 Å². The van der Waals surface area contributed by atoms with E-state index in [9.17, 15) is 26.4 Å². The van der Waals surface area contributed by atoms with Crippen molar-refractivity contribution < 1.29 is 26.4 Å². The lowest BCUT2D eigenvalue weighted by atomic mass is 10.1. The van der Waals surface area contributed by atoms with Crippen LogP contribution in [-0.2, 0) is 21.0 Å². The van der Waals surface area contributed by atoms with Crippen LogP contribution in [-0.4, -0.2) is 56.5 Å². The predicted molar refractivity (Wildman–Crippen MR) is 95.6 cm³/mol. The molecule has 3 rings (SSSR count). The molecule has 2 aliphatic heterocycles. The summed E-state index contributed by atoms with van der Waals surface area (Å²) in [5, 5.41) is 3.10. The SMILES string of the molecule is O=C([C@@H]1CC(CNS(=O)(=O)c2cccc(C(F)(F)F)c2)CN1)N1CCSC1. The van der Waals surface area contributed by atoms with Crippen LogP contribution in [0.5, 0.6) is 0 Å². The zero-order chi connectivity index (χ0) is 19.7. The van der Waals surface area contributed by atoms with Crippen LogP contribution in [0, 0.1) is 5.92 Å². The number of hydrogen-bond acceptors (Lipinski definition) is 5. The monoisotopic (exact) mass is 423 g/mol. The number of nitrogens with one attached hydrogen (secondary N) is 2. The third kappa shape index (κ3) is 4.95. The standard InChI is InChI=1S/C16H20F3N3O3S2/c17-16(18,19)12-2-1-3-13(7-12)27(24,25)21-9-11-6-14(20-8-11)15(23)22-4-5-26-10-22/h1-3,7,11,14,20-21H,4-6,8-10H2/t11?,14-/m0/s1. The first-order valence-corrected chi connectivity index (χ1v) is 11.1. The number of carbonyl (C=O) groups is 1. The van der Waals surface area contributed by atoms with Crippen molar-refractivity contribution in [2.75, 3.05) is 31.3 Å². The number of halogens is 3. The second-order valence-corrected chi connectivity index (χ2v) is 9.42. The molecule has 0 aromatic heterocycles. The van der Waals surface area contributed by atoms with E-state index in [-0.39, 0.29) is 24.4 Å². The van der Waals surface area contributed by atoms with E-state index in [1.54, 1.807) is 16.7 Å². The smallest absolute Gasteiger partial charge is 0.331 e. The summed E-state index contributed by atoms with van der Waals surface area (Å²) in [6.07, 6.45) is -4.12. The maximum absolute atomic E-state index is 12.8. The van der Waals surface area contributed by atoms with Crippen molar-refractivity contribution in [2.45, 2.75) is 23.5 Å². The Morgan fingerprint density at radius 2 is 2.15 bits per heavy atom. The van der Waals surface area contributed by atoms with Crippen molar-refractivity contribution in [3.05, 3.63) is 29.8 Å². The molecule has 1 unspecified atom stereocenters. The number of nitrogens with zero attached hydrogens (tertiary/aromatic N) is 1. The fourth-order valence-corrected chi connectivity index (χ4v) is 5.23. The molecule has 2 atom stereocenters. The van der Waals surface area contributed by atoms with Crippen LogP contribution in [0.2, 0.25) is 0 Å². The van der Waals surface area contributed by atoms with E-state index in [4.69, 9.17) is 0 Å². The van der Waals surface area contributed by atoms with E-state index in [2.05, 4.69) is 10.0 Å². The summed E-state index contributed by atoms with van der Waals surface area (Å²) >= 11 is 1.69. The number of alkyl halides is 3. The highest BCUT2D eigenvalue weighted by molar-refractivity contribution is 7.99. The largest absolute Gasteiger partial charge is 0.416 e. The fourth-order valence-electron chi connectivity index (χ4n) is 3.11. The number of amides is 1. The molecule has 0 saturated carbocycles. The Morgan fingerprint density at radius 1 is 1.37 bits per heavy atom. The van der Waals surface area contributed by atoms with Crippen molar-refractivity contribution in [3.8, 4) is 0 Å². The van der Waals surface area contributed by atoms with Crippen LogP contribution in [0.25, 0.3) is 0 Å². The highest BCUT2D eigenvalue weighted by Gasteiger charge is 2.34. The van der Waals surface area contributed by atoms with Gasteiger partial charge in [-0.2, -0.15) is 13.2 Å². The minimum atomic E-state index is -4.61. The van der Waals surface area contributed by atoms with Gasteiger partial charge in [0, 0.05) is 25.4 Å². The van der Waals surface area contributed by atoms with Gasteiger partial charge in [0.2, 0.25) is 15.9 Å². The first-order valence-electron chi connectivity index (χ1n) is 8.43. The molecule has 1 aromatic rings. The van der Waals surface area contributed by atoms with Gasteiger partial charge in [0.05, 0.1) is 22.4 Å². The Hall–Kier alpha value is -1.30. The summed E-state index contributed by atoms with van der Waals surface area (Å²) in [6.45, 7) is 1.25. The molecule has 2 aliphatic rings. The van der Waals surface area contributed by atoms with Crippen LogP contribution in [0.3, 0.4) is 0 Å². The van der Waals surface area contributed by atoms with E-state index < -0.39 is 26.7 Å². The first-order chi connectivity index (χ1) is 12.7. The van der Waals surface area contributed by atoms with Crippen LogP contribution >= 0.6 is 11.8 Å². The average Bonchev–Trinajstić information content (AvgIpc) is 3.31. The Labute approximate surface area is 159 Å². The number of rotatable bonds is 5. The minimum absolute atomic E-state index is 0.0169. The van der Waals surface area contributed by atoms with E-state index in [0.29, 0.717) is 31.5 Å². The molecule has 11 heteroatoms. The van der Waals surface area contributed by atoms with Crippen molar-refractivity contribution >= 4 is 27.7 Å². The molecule has 1 amide bonds. The quantitative estimate of drug-likeness (QED) is 0.751. The van der Waals surface area contributed by atoms with Gasteiger partial charge in [-0.25, -0.2) is 13.1 Å². The summed E-state index contributed by atoms with van der Waals surface area (Å²) in [5.74, 6) is 1.50. The van der Waals surface area contributed by atoms with Gasteiger partial charge in [0.1, 0.15) is 0 Å². The normalized spacial score (nSPS) is 23.7. The van der Waals surface area contributed by atoms with Crippen LogP contribution in [0.15, 0.2) is 29.2 Å². The van der Waals surface area contributed by atoms with Gasteiger partial charge >= 0.3 is 6.18 Å². The summed E-state index contributed by atoms with van der Waals surface area (Å²) in [7, 11) is -4.06. The molecule has 0 spiro atoms. The highest BCUT2D eigenvalue weighted by Crippen LogP contribution is 2.30. The molecule has 150 valence electrons. The van der Waals surface area contributed by atoms with Crippen molar-refractivity contribution in [1.82, 2.24) is 14.9 Å². The second-order valence-electron chi connectivity index (χ2n) is 6.58. The van der Waals surface area contributed by atoms with Gasteiger partial charge < -0.3 is 10.2 Å². The van der Waals surface area contributed by atoms with Crippen LogP contribution in [0.4, 0.5) is 13.2 Å². The molecule has 0 radical (unpaired) electrons. The number of benzene rings is 1. The second kappa shape index (κ2) is 7.98. The predicted octanol–water partition coefficient (Wildman–Crippen LogP) is 1.49. The van der Waals surface area contributed by atoms with Crippen molar-refractivity contribution in [2.24, 2.45) is 5.92 Å². The molecule has 2 heterocycles. The fraction of sp³-hybridized carbons (Fsp3) is 0.562. The molecule has 27 heavy (non-hydrogen) atoms. The number of sulfonamides is 1. The maximum Gasteiger partial charge on any atom is 0.416 e. The summed E-state index contributed by atoms with van der Waals surface area (Å²) in [4.78, 5) is 13.7. The molecule has 0 aliphatic carbocycles. The molecule has 2 N–H and O–H groups in total. The van der Waals surface area contributed by atoms with Gasteiger partial charge in [0.25, 0.3) is 0 Å². The zero-order valence-corrected chi connectivity index (χ0v) is 16.0. The highest BCUT2D eigenvalue weighted by atomic mass is 32.2. The van der Waals surface area contributed by atoms with Gasteiger partial charge in [0.15, 0.2) is 0 Å². The Balaban J connectivity index is 1.57. The number of thioether (sulfide) groups is 1. The lowest BCUT2D eigenvalue weighted by molar-refractivity contribution is -0.137. The third-order valence-electron chi connectivity index (χ3n) is 4.62. The van der Waals surface area contributed by atoms with Gasteiger partial charge in [-0.05, 0) is 30.5 Å². The summed E-state index contributed by atoms with van der Waals surface area (Å²) in [6, 6.07) is 3.30. The first kappa shape index (κ1) is 20.4. The molecule has 1 aromatic carbocycles. The lowest BCUT2D eigenvalue weighted by Crippen LogP contribution is -2.42. The molecular formula is C16H20F3N3O3S2. The number of carbonyl (C=O) groups excluding carboxylic acids is 1. The molecular weight excluding hydrogens is 403 g/mol. The third-order valence-corrected chi connectivity index (χ3v) is 7.00. The average molecular weight is 423 g/mol. The van der Waals surface area contributed by atoms with E-state index in [1.807, 2.05) is 0 Å². The molecule has 0 bridgehead atoms. The molecule has 6 nitrogen and oxygen atoms in total. The molecule has 2 saturated heterocycles. The van der Waals surface area contributed by atoms with E-state index in [1.165, 1.54) is 0 Å². The van der Waals surface area contributed by atoms with E-state index >= 15 is 0 Å². The Bertz CT molecular complexity index is 796. The van der Waals surface area contributed by atoms with Crippen LogP contribution < -0.4 is 10.0 Å². The number of hydrogen-bond donors (Lipinski definition) is 2. The Kier molecular flexibility index (Phi) is 6.04.